The van der Waals surface area contributed by atoms with E-state index in [-0.39, 0.29) is 20.6 Å². The second-order valence-electron chi connectivity index (χ2n) is 2.88. The van der Waals surface area contributed by atoms with Crippen molar-refractivity contribution in [2.75, 3.05) is 12.8 Å². The van der Waals surface area contributed by atoms with Crippen LogP contribution in [0.25, 0.3) is 0 Å². The molecule has 0 spiro atoms. The van der Waals surface area contributed by atoms with Crippen molar-refractivity contribution in [3.05, 3.63) is 9.47 Å². The van der Waals surface area contributed by atoms with E-state index in [1.807, 2.05) is 0 Å². The van der Waals surface area contributed by atoms with Crippen LogP contribution in [0.3, 0.4) is 0 Å². The van der Waals surface area contributed by atoms with Gasteiger partial charge in [0.1, 0.15) is 0 Å². The average Bonchev–Trinajstić information content (AvgIpc) is 2.60. The van der Waals surface area contributed by atoms with Gasteiger partial charge >= 0.3 is 0 Å². The molecule has 2 unspecified atom stereocenters. The van der Waals surface area contributed by atoms with Crippen molar-refractivity contribution in [3.63, 3.8) is 0 Å². The van der Waals surface area contributed by atoms with Crippen LogP contribution < -0.4 is 5.32 Å². The fourth-order valence-corrected chi connectivity index (χ4v) is 1.79. The number of halogens is 1. The van der Waals surface area contributed by atoms with Gasteiger partial charge in [-0.05, 0) is 18.5 Å². The summed E-state index contributed by atoms with van der Waals surface area (Å²) in [6.07, 6.45) is 1.60. The monoisotopic (exact) mass is 267 g/mol. The summed E-state index contributed by atoms with van der Waals surface area (Å²) in [4.78, 5) is 11.4. The average molecular weight is 268 g/mol. The zero-order valence-electron chi connectivity index (χ0n) is 8.19. The van der Waals surface area contributed by atoms with Gasteiger partial charge in [-0.2, -0.15) is 0 Å². The third kappa shape index (κ3) is 3.84. The van der Waals surface area contributed by atoms with Gasteiger partial charge in [0.2, 0.25) is 9.47 Å². The Morgan fingerprint density at radius 3 is 2.80 bits per heavy atom. The number of rotatable bonds is 4. The van der Waals surface area contributed by atoms with Gasteiger partial charge in [-0.25, -0.2) is 0 Å². The summed E-state index contributed by atoms with van der Waals surface area (Å²) in [5, 5.41) is 9.84. The number of hydrogen-bond acceptors (Lipinski definition) is 5. The molecule has 84 valence electrons. The molecule has 8 heteroatoms. The molecular weight excluding hydrogens is 258 g/mol. The van der Waals surface area contributed by atoms with Crippen LogP contribution in [0, 0.1) is 0 Å². The van der Waals surface area contributed by atoms with Crippen LogP contribution in [0.4, 0.5) is 0 Å². The standard InChI is InChI=1S/C7H10ClN3O2S2/c1-4(15(2)13)3-9-5(12)6-10-11-7(8)14-6/h4H,3H2,1-2H3,(H,9,12). The Kier molecular flexibility index (Phi) is 4.62. The molecule has 0 aliphatic heterocycles. The number of hydrogen-bond donors (Lipinski definition) is 1. The summed E-state index contributed by atoms with van der Waals surface area (Å²) in [5.41, 5.74) is 0. The Balaban J connectivity index is 2.47. The van der Waals surface area contributed by atoms with Crippen molar-refractivity contribution in [2.24, 2.45) is 0 Å². The number of nitrogens with one attached hydrogen (secondary N) is 1. The number of aromatic nitrogens is 2. The lowest BCUT2D eigenvalue weighted by Gasteiger charge is -2.07. The molecule has 0 radical (unpaired) electrons. The molecule has 0 fully saturated rings. The van der Waals surface area contributed by atoms with Crippen molar-refractivity contribution in [1.82, 2.24) is 15.5 Å². The second kappa shape index (κ2) is 5.53. The zero-order chi connectivity index (χ0) is 11.4. The van der Waals surface area contributed by atoms with Crippen LogP contribution in [0.2, 0.25) is 4.47 Å². The van der Waals surface area contributed by atoms with E-state index < -0.39 is 10.8 Å². The SMILES string of the molecule is CC(CNC(=O)c1nnc(Cl)s1)S(C)=O. The highest BCUT2D eigenvalue weighted by Gasteiger charge is 2.13. The van der Waals surface area contributed by atoms with E-state index in [4.69, 9.17) is 11.6 Å². The summed E-state index contributed by atoms with van der Waals surface area (Å²) in [6.45, 7) is 2.14. The van der Waals surface area contributed by atoms with E-state index in [2.05, 4.69) is 15.5 Å². The van der Waals surface area contributed by atoms with Crippen molar-refractivity contribution in [1.29, 1.82) is 0 Å². The fraction of sp³-hybridized carbons (Fsp3) is 0.571. The van der Waals surface area contributed by atoms with Crippen LogP contribution in [-0.2, 0) is 10.8 Å². The first-order valence-corrected chi connectivity index (χ1v) is 6.91. The molecule has 0 bridgehead atoms. The number of carbonyl (C=O) groups is 1. The molecule has 15 heavy (non-hydrogen) atoms. The van der Waals surface area contributed by atoms with E-state index in [1.54, 1.807) is 13.2 Å². The fourth-order valence-electron chi connectivity index (χ4n) is 0.726. The van der Waals surface area contributed by atoms with E-state index >= 15 is 0 Å². The molecule has 1 N–H and O–H groups in total. The molecule has 1 aromatic rings. The summed E-state index contributed by atoms with van der Waals surface area (Å²) >= 11 is 6.55. The van der Waals surface area contributed by atoms with Crippen LogP contribution in [0.5, 0.6) is 0 Å². The largest absolute Gasteiger partial charge is 0.349 e. The van der Waals surface area contributed by atoms with Gasteiger partial charge in [-0.3, -0.25) is 9.00 Å². The van der Waals surface area contributed by atoms with Crippen molar-refractivity contribution in [2.45, 2.75) is 12.2 Å². The molecule has 1 heterocycles. The topological polar surface area (TPSA) is 72.0 Å². The van der Waals surface area contributed by atoms with Gasteiger partial charge in [-0.1, -0.05) is 11.3 Å². The highest BCUT2D eigenvalue weighted by molar-refractivity contribution is 7.84. The molecule has 0 aromatic carbocycles. The smallest absolute Gasteiger partial charge is 0.282 e. The Morgan fingerprint density at radius 1 is 1.67 bits per heavy atom. The first-order chi connectivity index (χ1) is 7.00. The Morgan fingerprint density at radius 2 is 2.33 bits per heavy atom. The van der Waals surface area contributed by atoms with E-state index in [1.165, 1.54) is 0 Å². The van der Waals surface area contributed by atoms with Gasteiger partial charge in [0.05, 0.1) is 0 Å². The number of amides is 1. The lowest BCUT2D eigenvalue weighted by molar-refractivity contribution is 0.0953. The molecule has 0 aliphatic rings. The van der Waals surface area contributed by atoms with E-state index in [0.29, 0.717) is 6.54 Å². The zero-order valence-corrected chi connectivity index (χ0v) is 10.6. The van der Waals surface area contributed by atoms with E-state index in [0.717, 1.165) is 11.3 Å². The number of nitrogens with zero attached hydrogens (tertiary/aromatic N) is 2. The molecule has 1 rings (SSSR count). The molecule has 1 aromatic heterocycles. The van der Waals surface area contributed by atoms with Crippen LogP contribution in [-0.4, -0.2) is 38.4 Å². The molecule has 1 amide bonds. The third-order valence-electron chi connectivity index (χ3n) is 1.71. The van der Waals surface area contributed by atoms with Crippen LogP contribution in [0.15, 0.2) is 0 Å². The van der Waals surface area contributed by atoms with Gasteiger partial charge < -0.3 is 5.32 Å². The van der Waals surface area contributed by atoms with Crippen molar-refractivity contribution in [3.8, 4) is 0 Å². The minimum atomic E-state index is -0.951. The summed E-state index contributed by atoms with van der Waals surface area (Å²) in [5.74, 6) is -0.336. The Labute approximate surface area is 98.7 Å². The van der Waals surface area contributed by atoms with Crippen molar-refractivity contribution >= 4 is 39.6 Å². The summed E-state index contributed by atoms with van der Waals surface area (Å²) in [6, 6.07) is 0. The van der Waals surface area contributed by atoms with Crippen LogP contribution >= 0.6 is 22.9 Å². The molecule has 0 saturated heterocycles. The second-order valence-corrected chi connectivity index (χ2v) is 6.24. The maximum atomic E-state index is 11.4. The molecule has 5 nitrogen and oxygen atoms in total. The van der Waals surface area contributed by atoms with Gasteiger partial charge in [-0.15, -0.1) is 10.2 Å². The highest BCUT2D eigenvalue weighted by atomic mass is 35.5. The maximum absolute atomic E-state index is 11.4. The highest BCUT2D eigenvalue weighted by Crippen LogP contribution is 2.14. The quantitative estimate of drug-likeness (QED) is 0.871. The van der Waals surface area contributed by atoms with Gasteiger partial charge in [0, 0.05) is 28.9 Å². The lowest BCUT2D eigenvalue weighted by atomic mass is 10.4. The molecule has 0 saturated carbocycles. The predicted molar refractivity (Wildman–Crippen MR) is 60.8 cm³/mol. The Bertz CT molecular complexity index is 382. The number of carbonyl (C=O) groups excluding carboxylic acids is 1. The Hall–Kier alpha value is -0.530. The first kappa shape index (κ1) is 12.5. The van der Waals surface area contributed by atoms with Gasteiger partial charge in [0.15, 0.2) is 0 Å². The van der Waals surface area contributed by atoms with Crippen LogP contribution in [0.1, 0.15) is 16.7 Å². The summed E-state index contributed by atoms with van der Waals surface area (Å²) in [7, 11) is -0.951. The molecule has 0 aliphatic carbocycles. The molecular formula is C7H10ClN3O2S2. The predicted octanol–water partition coefficient (Wildman–Crippen LogP) is 0.688. The van der Waals surface area contributed by atoms with Crippen molar-refractivity contribution < 1.29 is 9.00 Å². The first-order valence-electron chi connectivity index (χ1n) is 4.10. The minimum Gasteiger partial charge on any atom is -0.349 e. The summed E-state index contributed by atoms with van der Waals surface area (Å²) < 4.78 is 11.2. The maximum Gasteiger partial charge on any atom is 0.282 e. The molecule has 2 atom stereocenters. The minimum absolute atomic E-state index is 0.0858. The lowest BCUT2D eigenvalue weighted by Crippen LogP contribution is -2.32. The van der Waals surface area contributed by atoms with Gasteiger partial charge in [0.25, 0.3) is 5.91 Å². The van der Waals surface area contributed by atoms with E-state index in [9.17, 15) is 9.00 Å². The third-order valence-corrected chi connectivity index (χ3v) is 4.03. The normalized spacial score (nSPS) is 14.6.